The molecule has 1 aromatic heterocycles. The van der Waals surface area contributed by atoms with Crippen molar-refractivity contribution in [3.63, 3.8) is 0 Å². The lowest BCUT2D eigenvalue weighted by Gasteiger charge is -2.22. The van der Waals surface area contributed by atoms with Gasteiger partial charge < -0.3 is 10.1 Å². The first kappa shape index (κ1) is 13.3. The number of halogens is 1. The van der Waals surface area contributed by atoms with Gasteiger partial charge in [0.2, 0.25) is 0 Å². The summed E-state index contributed by atoms with van der Waals surface area (Å²) in [5.74, 6) is -0.495. The SMILES string of the molecule is CC(C)c1nc2cc(O)cc(F)c2c(=O)n1N(C)C. The number of phenolic OH excluding ortho intramolecular Hbond substituents is 1. The van der Waals surface area contributed by atoms with Gasteiger partial charge in [0.1, 0.15) is 22.8 Å². The Hall–Kier alpha value is -2.11. The van der Waals surface area contributed by atoms with Crippen molar-refractivity contribution in [2.45, 2.75) is 19.8 Å². The second-order valence-corrected chi connectivity index (χ2v) is 4.91. The van der Waals surface area contributed by atoms with E-state index in [4.69, 9.17) is 0 Å². The molecule has 2 aromatic rings. The van der Waals surface area contributed by atoms with Crippen LogP contribution in [-0.4, -0.2) is 28.9 Å². The van der Waals surface area contributed by atoms with Crippen molar-refractivity contribution in [3.8, 4) is 5.75 Å². The molecule has 5 nitrogen and oxygen atoms in total. The molecule has 1 aromatic carbocycles. The highest BCUT2D eigenvalue weighted by Gasteiger charge is 2.18. The van der Waals surface area contributed by atoms with Crippen molar-refractivity contribution in [1.82, 2.24) is 9.66 Å². The Morgan fingerprint density at radius 2 is 2.00 bits per heavy atom. The average Bonchev–Trinajstić information content (AvgIpc) is 2.26. The van der Waals surface area contributed by atoms with Gasteiger partial charge in [0.25, 0.3) is 5.56 Å². The lowest BCUT2D eigenvalue weighted by molar-refractivity contribution is 0.470. The standard InChI is InChI=1S/C13H16FN3O2/c1-7(2)12-15-10-6-8(18)5-9(14)11(10)13(19)17(12)16(3)4/h5-7,18H,1-4H3. The maximum absolute atomic E-state index is 13.9. The van der Waals surface area contributed by atoms with Crippen LogP contribution in [0.5, 0.6) is 5.75 Å². The highest BCUT2D eigenvalue weighted by Crippen LogP contribution is 2.21. The molecule has 0 aliphatic rings. The fourth-order valence-electron chi connectivity index (χ4n) is 2.02. The van der Waals surface area contributed by atoms with Crippen molar-refractivity contribution in [2.24, 2.45) is 0 Å². The first-order valence-corrected chi connectivity index (χ1v) is 5.95. The van der Waals surface area contributed by atoms with E-state index in [1.807, 2.05) is 13.8 Å². The van der Waals surface area contributed by atoms with E-state index >= 15 is 0 Å². The Bertz CT molecular complexity index is 692. The molecule has 0 saturated carbocycles. The molecule has 0 spiro atoms. The van der Waals surface area contributed by atoms with E-state index < -0.39 is 11.4 Å². The maximum atomic E-state index is 13.9. The van der Waals surface area contributed by atoms with E-state index in [0.29, 0.717) is 5.82 Å². The van der Waals surface area contributed by atoms with Crippen molar-refractivity contribution >= 4 is 10.9 Å². The maximum Gasteiger partial charge on any atom is 0.283 e. The number of phenols is 1. The second-order valence-electron chi connectivity index (χ2n) is 4.91. The predicted molar refractivity (Wildman–Crippen MR) is 71.8 cm³/mol. The Balaban J connectivity index is 2.98. The van der Waals surface area contributed by atoms with E-state index in [9.17, 15) is 14.3 Å². The van der Waals surface area contributed by atoms with Crippen LogP contribution in [0.15, 0.2) is 16.9 Å². The molecule has 0 amide bonds. The molecule has 0 aliphatic heterocycles. The first-order valence-electron chi connectivity index (χ1n) is 5.95. The Morgan fingerprint density at radius 3 is 2.53 bits per heavy atom. The summed E-state index contributed by atoms with van der Waals surface area (Å²) in [4.78, 5) is 16.7. The summed E-state index contributed by atoms with van der Waals surface area (Å²) in [6, 6.07) is 2.21. The third-order valence-electron chi connectivity index (χ3n) is 2.83. The van der Waals surface area contributed by atoms with Crippen LogP contribution in [0.4, 0.5) is 4.39 Å². The monoisotopic (exact) mass is 265 g/mol. The van der Waals surface area contributed by atoms with Crippen LogP contribution < -0.4 is 10.6 Å². The lowest BCUT2D eigenvalue weighted by atomic mass is 10.1. The normalized spacial score (nSPS) is 11.3. The van der Waals surface area contributed by atoms with Crippen molar-refractivity contribution in [1.29, 1.82) is 0 Å². The summed E-state index contributed by atoms with van der Waals surface area (Å²) in [5, 5.41) is 10.9. The quantitative estimate of drug-likeness (QED) is 0.895. The van der Waals surface area contributed by atoms with Crippen LogP contribution in [0.1, 0.15) is 25.6 Å². The van der Waals surface area contributed by atoms with Crippen molar-refractivity contribution < 1.29 is 9.50 Å². The summed E-state index contributed by atoms with van der Waals surface area (Å²) in [6.45, 7) is 3.79. The Kier molecular flexibility index (Phi) is 3.18. The van der Waals surface area contributed by atoms with Crippen molar-refractivity contribution in [2.75, 3.05) is 19.1 Å². The minimum Gasteiger partial charge on any atom is -0.508 e. The number of aromatic hydroxyl groups is 1. The lowest BCUT2D eigenvalue weighted by Crippen LogP contribution is -2.39. The molecular weight excluding hydrogens is 249 g/mol. The molecule has 19 heavy (non-hydrogen) atoms. The van der Waals surface area contributed by atoms with E-state index in [1.54, 1.807) is 19.1 Å². The number of rotatable bonds is 2. The zero-order valence-electron chi connectivity index (χ0n) is 11.3. The van der Waals surface area contributed by atoms with Gasteiger partial charge in [0, 0.05) is 32.1 Å². The van der Waals surface area contributed by atoms with E-state index in [0.717, 1.165) is 6.07 Å². The van der Waals surface area contributed by atoms with Crippen LogP contribution in [0.2, 0.25) is 0 Å². The summed E-state index contributed by atoms with van der Waals surface area (Å²) in [6.07, 6.45) is 0. The fourth-order valence-corrected chi connectivity index (χ4v) is 2.02. The summed E-state index contributed by atoms with van der Waals surface area (Å²) in [7, 11) is 3.39. The van der Waals surface area contributed by atoms with Gasteiger partial charge in [-0.3, -0.25) is 4.79 Å². The smallest absolute Gasteiger partial charge is 0.283 e. The molecule has 0 saturated heterocycles. The molecule has 0 aliphatic carbocycles. The zero-order chi connectivity index (χ0) is 14.3. The molecule has 2 rings (SSSR count). The van der Waals surface area contributed by atoms with Gasteiger partial charge in [-0.2, -0.15) is 0 Å². The molecule has 1 heterocycles. The molecule has 0 unspecified atom stereocenters. The molecule has 102 valence electrons. The third kappa shape index (κ3) is 2.14. The second kappa shape index (κ2) is 4.53. The fraction of sp³-hybridized carbons (Fsp3) is 0.385. The number of benzene rings is 1. The van der Waals surface area contributed by atoms with Crippen LogP contribution in [0.3, 0.4) is 0 Å². The summed E-state index contributed by atoms with van der Waals surface area (Å²) in [5.41, 5.74) is -0.305. The van der Waals surface area contributed by atoms with E-state index in [-0.39, 0.29) is 22.6 Å². The van der Waals surface area contributed by atoms with Crippen LogP contribution >= 0.6 is 0 Å². The minimum absolute atomic E-state index is 0.00934. The Morgan fingerprint density at radius 1 is 1.37 bits per heavy atom. The molecule has 0 radical (unpaired) electrons. The number of fused-ring (bicyclic) bond motifs is 1. The molecule has 0 atom stereocenters. The number of nitrogens with zero attached hydrogens (tertiary/aromatic N) is 3. The largest absolute Gasteiger partial charge is 0.508 e. The first-order chi connectivity index (χ1) is 8.82. The number of aromatic nitrogens is 2. The molecule has 0 fully saturated rings. The van der Waals surface area contributed by atoms with Crippen LogP contribution in [0, 0.1) is 5.82 Å². The molecule has 0 bridgehead atoms. The summed E-state index contributed by atoms with van der Waals surface area (Å²) >= 11 is 0. The van der Waals surface area contributed by atoms with Gasteiger partial charge in [0.15, 0.2) is 0 Å². The Labute approximate surface area is 109 Å². The van der Waals surface area contributed by atoms with E-state index in [2.05, 4.69) is 4.98 Å². The average molecular weight is 265 g/mol. The van der Waals surface area contributed by atoms with Gasteiger partial charge in [-0.05, 0) is 0 Å². The van der Waals surface area contributed by atoms with E-state index in [1.165, 1.54) is 10.7 Å². The van der Waals surface area contributed by atoms with Gasteiger partial charge in [-0.1, -0.05) is 13.8 Å². The van der Waals surface area contributed by atoms with Gasteiger partial charge in [-0.15, -0.1) is 0 Å². The summed E-state index contributed by atoms with van der Waals surface area (Å²) < 4.78 is 15.2. The van der Waals surface area contributed by atoms with Crippen LogP contribution in [-0.2, 0) is 0 Å². The molecule has 1 N–H and O–H groups in total. The van der Waals surface area contributed by atoms with Crippen LogP contribution in [0.25, 0.3) is 10.9 Å². The third-order valence-corrected chi connectivity index (χ3v) is 2.83. The molecular formula is C13H16FN3O2. The predicted octanol–water partition coefficient (Wildman–Crippen LogP) is 1.56. The minimum atomic E-state index is -0.765. The van der Waals surface area contributed by atoms with Gasteiger partial charge in [0.05, 0.1) is 5.52 Å². The highest BCUT2D eigenvalue weighted by atomic mass is 19.1. The number of hydrogen-bond acceptors (Lipinski definition) is 4. The highest BCUT2D eigenvalue weighted by molar-refractivity contribution is 5.80. The topological polar surface area (TPSA) is 58.4 Å². The van der Waals surface area contributed by atoms with Gasteiger partial charge in [-0.25, -0.2) is 14.1 Å². The zero-order valence-corrected chi connectivity index (χ0v) is 11.3. The van der Waals surface area contributed by atoms with Crippen molar-refractivity contribution in [3.05, 3.63) is 34.1 Å². The van der Waals surface area contributed by atoms with Gasteiger partial charge >= 0.3 is 0 Å². The number of hydrogen-bond donors (Lipinski definition) is 1. The molecule has 6 heteroatoms.